The molecule has 0 aliphatic heterocycles. The van der Waals surface area contributed by atoms with Gasteiger partial charge in [0.1, 0.15) is 5.75 Å². The number of aldehydes is 1. The Morgan fingerprint density at radius 1 is 1.19 bits per heavy atom. The van der Waals surface area contributed by atoms with E-state index in [1.54, 1.807) is 6.07 Å². The van der Waals surface area contributed by atoms with Crippen molar-refractivity contribution >= 4 is 17.6 Å². The quantitative estimate of drug-likeness (QED) is 0.748. The number of hydrogen-bond donors (Lipinski definition) is 0. The van der Waals surface area contributed by atoms with Crippen LogP contribution in [-0.2, 0) is 0 Å². The smallest absolute Gasteiger partial charge is 0.181 e. The Morgan fingerprint density at radius 2 is 2.00 bits per heavy atom. The largest absolute Gasteiger partial charge is 0.446 e. The molecule has 2 nitrogen and oxygen atoms in total. The van der Waals surface area contributed by atoms with Crippen molar-refractivity contribution in [3.05, 3.63) is 46.3 Å². The molecule has 2 aromatic rings. The second-order valence-corrected chi connectivity index (χ2v) is 4.65. The first kappa shape index (κ1) is 10.9. The van der Waals surface area contributed by atoms with Gasteiger partial charge in [-0.05, 0) is 43.2 Å². The molecule has 0 radical (unpaired) electrons. The summed E-state index contributed by atoms with van der Waals surface area (Å²) in [7, 11) is 0. The molecule has 1 aromatic carbocycles. The van der Waals surface area contributed by atoms with Crippen molar-refractivity contribution in [3.63, 3.8) is 0 Å². The molecular weight excluding hydrogens is 220 g/mol. The number of hydrogen-bond acceptors (Lipinski definition) is 3. The number of carbonyl (C=O) groups excluding carboxylic acids is 1. The third-order valence-corrected chi connectivity index (χ3v) is 3.37. The minimum Gasteiger partial charge on any atom is -0.446 e. The average molecular weight is 232 g/mol. The highest BCUT2D eigenvalue weighted by atomic mass is 32.1. The van der Waals surface area contributed by atoms with E-state index in [0.29, 0.717) is 4.88 Å². The molecule has 0 atom stereocenters. The second kappa shape index (κ2) is 4.49. The molecule has 1 aromatic heterocycles. The van der Waals surface area contributed by atoms with Crippen LogP contribution in [0.3, 0.4) is 0 Å². The standard InChI is InChI=1S/C13H12O2S/c1-9-4-3-5-12(10(9)2)15-13-7-6-11(8-14)16-13/h3-8H,1-2H3. The fourth-order valence-corrected chi connectivity index (χ4v) is 2.08. The molecular formula is C13H12O2S. The summed E-state index contributed by atoms with van der Waals surface area (Å²) < 4.78 is 5.73. The molecule has 0 spiro atoms. The summed E-state index contributed by atoms with van der Waals surface area (Å²) >= 11 is 1.35. The van der Waals surface area contributed by atoms with Crippen LogP contribution in [0, 0.1) is 13.8 Å². The van der Waals surface area contributed by atoms with Crippen LogP contribution in [0.1, 0.15) is 20.8 Å². The van der Waals surface area contributed by atoms with Crippen molar-refractivity contribution in [1.82, 2.24) is 0 Å². The molecule has 0 aliphatic rings. The summed E-state index contributed by atoms with van der Waals surface area (Å²) in [5, 5.41) is 0.746. The molecule has 2 rings (SSSR count). The van der Waals surface area contributed by atoms with Crippen LogP contribution in [0.4, 0.5) is 0 Å². The monoisotopic (exact) mass is 232 g/mol. The minimum absolute atomic E-state index is 0.681. The molecule has 0 fully saturated rings. The van der Waals surface area contributed by atoms with E-state index in [4.69, 9.17) is 4.74 Å². The van der Waals surface area contributed by atoms with Crippen molar-refractivity contribution in [3.8, 4) is 10.8 Å². The van der Waals surface area contributed by atoms with Gasteiger partial charge >= 0.3 is 0 Å². The third kappa shape index (κ3) is 2.14. The van der Waals surface area contributed by atoms with Gasteiger partial charge in [0.05, 0.1) is 4.88 Å². The zero-order valence-electron chi connectivity index (χ0n) is 9.19. The number of rotatable bonds is 3. The first-order valence-electron chi connectivity index (χ1n) is 5.00. The van der Waals surface area contributed by atoms with Crippen LogP contribution in [0.2, 0.25) is 0 Å². The Balaban J connectivity index is 2.26. The van der Waals surface area contributed by atoms with Crippen molar-refractivity contribution in [2.45, 2.75) is 13.8 Å². The molecule has 0 saturated carbocycles. The molecule has 0 bridgehead atoms. The first-order chi connectivity index (χ1) is 7.70. The molecule has 0 aliphatic carbocycles. The van der Waals surface area contributed by atoms with Gasteiger partial charge in [0, 0.05) is 0 Å². The molecule has 0 amide bonds. The van der Waals surface area contributed by atoms with Crippen LogP contribution >= 0.6 is 11.3 Å². The topological polar surface area (TPSA) is 26.3 Å². The molecule has 0 N–H and O–H groups in total. The predicted octanol–water partition coefficient (Wildman–Crippen LogP) is 3.97. The first-order valence-corrected chi connectivity index (χ1v) is 5.81. The normalized spacial score (nSPS) is 10.1. The van der Waals surface area contributed by atoms with Gasteiger partial charge in [-0.15, -0.1) is 0 Å². The van der Waals surface area contributed by atoms with Gasteiger partial charge < -0.3 is 4.74 Å². The van der Waals surface area contributed by atoms with E-state index >= 15 is 0 Å². The van der Waals surface area contributed by atoms with Crippen LogP contribution in [0.5, 0.6) is 10.8 Å². The van der Waals surface area contributed by atoms with Crippen molar-refractivity contribution < 1.29 is 9.53 Å². The average Bonchev–Trinajstić information content (AvgIpc) is 2.73. The maximum absolute atomic E-state index is 10.5. The van der Waals surface area contributed by atoms with Crippen molar-refractivity contribution in [2.24, 2.45) is 0 Å². The van der Waals surface area contributed by atoms with E-state index in [-0.39, 0.29) is 0 Å². The molecule has 0 saturated heterocycles. The Hall–Kier alpha value is -1.61. The maximum Gasteiger partial charge on any atom is 0.181 e. The Labute approximate surface area is 98.5 Å². The summed E-state index contributed by atoms with van der Waals surface area (Å²) in [5.74, 6) is 0.847. The zero-order valence-corrected chi connectivity index (χ0v) is 10.0. The van der Waals surface area contributed by atoms with E-state index in [1.807, 2.05) is 38.1 Å². The van der Waals surface area contributed by atoms with Gasteiger partial charge in [-0.3, -0.25) is 4.79 Å². The van der Waals surface area contributed by atoms with E-state index in [0.717, 1.165) is 22.7 Å². The molecule has 16 heavy (non-hydrogen) atoms. The molecule has 0 unspecified atom stereocenters. The van der Waals surface area contributed by atoms with Gasteiger partial charge in [-0.2, -0.15) is 0 Å². The van der Waals surface area contributed by atoms with Crippen LogP contribution in [-0.4, -0.2) is 6.29 Å². The fourth-order valence-electron chi connectivity index (χ4n) is 1.40. The highest BCUT2D eigenvalue weighted by Gasteiger charge is 2.05. The second-order valence-electron chi connectivity index (χ2n) is 3.57. The van der Waals surface area contributed by atoms with E-state index in [1.165, 1.54) is 16.9 Å². The van der Waals surface area contributed by atoms with Crippen molar-refractivity contribution in [1.29, 1.82) is 0 Å². The highest BCUT2D eigenvalue weighted by molar-refractivity contribution is 7.15. The van der Waals surface area contributed by atoms with Crippen LogP contribution in [0.15, 0.2) is 30.3 Å². The lowest BCUT2D eigenvalue weighted by atomic mass is 10.1. The summed E-state index contributed by atoms with van der Waals surface area (Å²) in [6.45, 7) is 4.08. The molecule has 3 heteroatoms. The Kier molecular flexibility index (Phi) is 3.06. The van der Waals surface area contributed by atoms with Gasteiger partial charge in [0.15, 0.2) is 11.3 Å². The number of ether oxygens (including phenoxy) is 1. The van der Waals surface area contributed by atoms with E-state index < -0.39 is 0 Å². The highest BCUT2D eigenvalue weighted by Crippen LogP contribution is 2.31. The summed E-state index contributed by atoms with van der Waals surface area (Å²) in [6, 6.07) is 9.52. The van der Waals surface area contributed by atoms with Gasteiger partial charge in [0.2, 0.25) is 0 Å². The Morgan fingerprint density at radius 3 is 2.69 bits per heavy atom. The fraction of sp³-hybridized carbons (Fsp3) is 0.154. The summed E-state index contributed by atoms with van der Waals surface area (Å²) in [6.07, 6.45) is 0.834. The summed E-state index contributed by atoms with van der Waals surface area (Å²) in [5.41, 5.74) is 2.33. The zero-order chi connectivity index (χ0) is 11.5. The van der Waals surface area contributed by atoms with Gasteiger partial charge in [-0.25, -0.2) is 0 Å². The summed E-state index contributed by atoms with van der Waals surface area (Å²) in [4.78, 5) is 11.2. The minimum atomic E-state index is 0.681. The third-order valence-electron chi connectivity index (χ3n) is 2.48. The van der Waals surface area contributed by atoms with Crippen LogP contribution < -0.4 is 4.74 Å². The Bertz CT molecular complexity index is 514. The van der Waals surface area contributed by atoms with Crippen LogP contribution in [0.25, 0.3) is 0 Å². The van der Waals surface area contributed by atoms with E-state index in [2.05, 4.69) is 0 Å². The predicted molar refractivity (Wildman–Crippen MR) is 65.7 cm³/mol. The molecule has 1 heterocycles. The van der Waals surface area contributed by atoms with E-state index in [9.17, 15) is 4.79 Å². The van der Waals surface area contributed by atoms with Gasteiger partial charge in [0.25, 0.3) is 0 Å². The lowest BCUT2D eigenvalue weighted by Gasteiger charge is -2.08. The molecule has 82 valence electrons. The van der Waals surface area contributed by atoms with Crippen molar-refractivity contribution in [2.75, 3.05) is 0 Å². The number of carbonyl (C=O) groups is 1. The number of benzene rings is 1. The SMILES string of the molecule is Cc1cccc(Oc2ccc(C=O)s2)c1C. The lowest BCUT2D eigenvalue weighted by Crippen LogP contribution is -1.87. The maximum atomic E-state index is 10.5. The number of thiophene rings is 1. The number of aryl methyl sites for hydroxylation is 1. The van der Waals surface area contributed by atoms with Gasteiger partial charge in [-0.1, -0.05) is 23.5 Å². The lowest BCUT2D eigenvalue weighted by molar-refractivity contribution is 0.112.